The predicted molar refractivity (Wildman–Crippen MR) is 53.1 cm³/mol. The zero-order chi connectivity index (χ0) is 9.84. The minimum Gasteiger partial charge on any atom is -0.350 e. The zero-order valence-corrected chi connectivity index (χ0v) is 8.12. The van der Waals surface area contributed by atoms with Crippen molar-refractivity contribution in [2.75, 3.05) is 0 Å². The number of hydrogen-bond donors (Lipinski definition) is 2. The molecule has 3 atom stereocenters. The van der Waals surface area contributed by atoms with Crippen LogP contribution in [0.3, 0.4) is 0 Å². The van der Waals surface area contributed by atoms with Gasteiger partial charge in [-0.15, -0.1) is 6.58 Å². The lowest BCUT2D eigenvalue weighted by atomic mass is 10.0. The number of hydrogen-bond acceptors (Lipinski definition) is 2. The van der Waals surface area contributed by atoms with E-state index in [2.05, 4.69) is 11.9 Å². The van der Waals surface area contributed by atoms with Gasteiger partial charge in [0.25, 0.3) is 0 Å². The lowest BCUT2D eigenvalue weighted by molar-refractivity contribution is -0.125. The highest BCUT2D eigenvalue weighted by Crippen LogP contribution is 2.23. The average Bonchev–Trinajstić information content (AvgIpc) is 2.51. The molecule has 3 nitrogen and oxygen atoms in total. The summed E-state index contributed by atoms with van der Waals surface area (Å²) in [6.07, 6.45) is 4.69. The number of carbonyl (C=O) groups is 1. The van der Waals surface area contributed by atoms with Gasteiger partial charge in [0.2, 0.25) is 5.91 Å². The van der Waals surface area contributed by atoms with Crippen LogP contribution in [0.25, 0.3) is 0 Å². The molecule has 3 heteroatoms. The van der Waals surface area contributed by atoms with Crippen molar-refractivity contribution in [2.24, 2.45) is 11.7 Å². The van der Waals surface area contributed by atoms with Crippen molar-refractivity contribution in [2.45, 2.75) is 38.3 Å². The summed E-state index contributed by atoms with van der Waals surface area (Å²) in [5.41, 5.74) is 5.81. The van der Waals surface area contributed by atoms with Gasteiger partial charge < -0.3 is 11.1 Å². The second kappa shape index (κ2) is 4.42. The van der Waals surface area contributed by atoms with Crippen LogP contribution < -0.4 is 11.1 Å². The third kappa shape index (κ3) is 2.56. The maximum absolute atomic E-state index is 11.6. The Hall–Kier alpha value is -0.830. The van der Waals surface area contributed by atoms with Crippen LogP contribution in [-0.4, -0.2) is 18.0 Å². The highest BCUT2D eigenvalue weighted by molar-refractivity contribution is 5.80. The molecule has 0 spiro atoms. The molecule has 3 N–H and O–H groups in total. The highest BCUT2D eigenvalue weighted by Gasteiger charge is 2.30. The van der Waals surface area contributed by atoms with Gasteiger partial charge in [0.15, 0.2) is 0 Å². The van der Waals surface area contributed by atoms with Gasteiger partial charge in [0, 0.05) is 12.1 Å². The minimum atomic E-state index is 0.0161. The van der Waals surface area contributed by atoms with Gasteiger partial charge in [-0.25, -0.2) is 0 Å². The lowest BCUT2D eigenvalue weighted by Crippen LogP contribution is -2.41. The smallest absolute Gasteiger partial charge is 0.225 e. The normalized spacial score (nSPS) is 29.7. The summed E-state index contributed by atoms with van der Waals surface area (Å²) >= 11 is 0. The molecule has 74 valence electrons. The Morgan fingerprint density at radius 2 is 2.38 bits per heavy atom. The first-order chi connectivity index (χ1) is 6.15. The maximum atomic E-state index is 11.6. The molecule has 0 radical (unpaired) electrons. The quantitative estimate of drug-likeness (QED) is 0.634. The van der Waals surface area contributed by atoms with Crippen LogP contribution in [0.15, 0.2) is 12.7 Å². The van der Waals surface area contributed by atoms with E-state index in [1.807, 2.05) is 6.92 Å². The van der Waals surface area contributed by atoms with Crippen LogP contribution in [0, 0.1) is 5.92 Å². The second-order valence-electron chi connectivity index (χ2n) is 3.73. The molecule has 1 saturated carbocycles. The first-order valence-corrected chi connectivity index (χ1v) is 4.83. The van der Waals surface area contributed by atoms with Gasteiger partial charge in [-0.3, -0.25) is 4.79 Å². The zero-order valence-electron chi connectivity index (χ0n) is 8.12. The molecule has 0 aromatic carbocycles. The standard InChI is InChI=1S/C10H18N2O/c1-3-7(2)12-10(13)8-5-4-6-9(8)11/h3,7-9H,1,4-6,11H2,2H3,(H,12,13). The van der Waals surface area contributed by atoms with Crippen molar-refractivity contribution < 1.29 is 4.79 Å². The first-order valence-electron chi connectivity index (χ1n) is 4.83. The number of amides is 1. The van der Waals surface area contributed by atoms with E-state index in [-0.39, 0.29) is 23.9 Å². The van der Waals surface area contributed by atoms with E-state index in [1.165, 1.54) is 0 Å². The molecular weight excluding hydrogens is 164 g/mol. The van der Waals surface area contributed by atoms with Gasteiger partial charge in [0.05, 0.1) is 5.92 Å². The lowest BCUT2D eigenvalue weighted by Gasteiger charge is -2.17. The van der Waals surface area contributed by atoms with Crippen LogP contribution in [0.2, 0.25) is 0 Å². The van der Waals surface area contributed by atoms with Crippen LogP contribution in [0.1, 0.15) is 26.2 Å². The van der Waals surface area contributed by atoms with Crippen LogP contribution >= 0.6 is 0 Å². The number of nitrogens with two attached hydrogens (primary N) is 1. The Kier molecular flexibility index (Phi) is 3.48. The Morgan fingerprint density at radius 1 is 1.69 bits per heavy atom. The fourth-order valence-corrected chi connectivity index (χ4v) is 1.70. The fourth-order valence-electron chi connectivity index (χ4n) is 1.70. The molecule has 1 aliphatic rings. The molecule has 0 saturated heterocycles. The van der Waals surface area contributed by atoms with Crippen LogP contribution in [-0.2, 0) is 4.79 Å². The highest BCUT2D eigenvalue weighted by atomic mass is 16.2. The monoisotopic (exact) mass is 182 g/mol. The molecule has 0 aliphatic heterocycles. The van der Waals surface area contributed by atoms with Crippen molar-refractivity contribution in [3.63, 3.8) is 0 Å². The molecule has 0 aromatic heterocycles. The van der Waals surface area contributed by atoms with E-state index in [9.17, 15) is 4.79 Å². The fraction of sp³-hybridized carbons (Fsp3) is 0.700. The van der Waals surface area contributed by atoms with Crippen molar-refractivity contribution >= 4 is 5.91 Å². The number of carbonyl (C=O) groups excluding carboxylic acids is 1. The predicted octanol–water partition coefficient (Wildman–Crippen LogP) is 0.804. The summed E-state index contributed by atoms with van der Waals surface area (Å²) in [5, 5.41) is 2.86. The molecule has 0 heterocycles. The summed E-state index contributed by atoms with van der Waals surface area (Å²) < 4.78 is 0. The molecule has 0 bridgehead atoms. The van der Waals surface area contributed by atoms with E-state index in [0.29, 0.717) is 0 Å². The summed E-state index contributed by atoms with van der Waals surface area (Å²) in [4.78, 5) is 11.6. The van der Waals surface area contributed by atoms with Gasteiger partial charge in [-0.1, -0.05) is 12.5 Å². The summed E-state index contributed by atoms with van der Waals surface area (Å²) in [5.74, 6) is 0.0970. The Balaban J connectivity index is 2.42. The van der Waals surface area contributed by atoms with Crippen molar-refractivity contribution in [1.29, 1.82) is 0 Å². The van der Waals surface area contributed by atoms with Crippen molar-refractivity contribution in [1.82, 2.24) is 5.32 Å². The molecule has 0 aromatic rings. The third-order valence-corrected chi connectivity index (χ3v) is 2.63. The van der Waals surface area contributed by atoms with Crippen LogP contribution in [0.5, 0.6) is 0 Å². The van der Waals surface area contributed by atoms with E-state index in [0.717, 1.165) is 19.3 Å². The van der Waals surface area contributed by atoms with Crippen molar-refractivity contribution in [3.8, 4) is 0 Å². The topological polar surface area (TPSA) is 55.1 Å². The molecule has 1 amide bonds. The van der Waals surface area contributed by atoms with Gasteiger partial charge >= 0.3 is 0 Å². The number of rotatable bonds is 3. The molecule has 13 heavy (non-hydrogen) atoms. The van der Waals surface area contributed by atoms with E-state index in [1.54, 1.807) is 6.08 Å². The van der Waals surface area contributed by atoms with Crippen LogP contribution in [0.4, 0.5) is 0 Å². The average molecular weight is 182 g/mol. The third-order valence-electron chi connectivity index (χ3n) is 2.63. The van der Waals surface area contributed by atoms with Gasteiger partial charge in [-0.05, 0) is 19.8 Å². The Bertz CT molecular complexity index is 203. The summed E-state index contributed by atoms with van der Waals surface area (Å²) in [6, 6.07) is 0.0947. The largest absolute Gasteiger partial charge is 0.350 e. The van der Waals surface area contributed by atoms with Gasteiger partial charge in [0.1, 0.15) is 0 Å². The molecule has 3 unspecified atom stereocenters. The van der Waals surface area contributed by atoms with E-state index in [4.69, 9.17) is 5.73 Å². The van der Waals surface area contributed by atoms with Crippen molar-refractivity contribution in [3.05, 3.63) is 12.7 Å². The minimum absolute atomic E-state index is 0.0161. The summed E-state index contributed by atoms with van der Waals surface area (Å²) in [7, 11) is 0. The SMILES string of the molecule is C=CC(C)NC(=O)C1CCCC1N. The van der Waals surface area contributed by atoms with Gasteiger partial charge in [-0.2, -0.15) is 0 Å². The Labute approximate surface area is 79.4 Å². The molecule has 1 rings (SSSR count). The molecular formula is C10H18N2O. The van der Waals surface area contributed by atoms with E-state index < -0.39 is 0 Å². The maximum Gasteiger partial charge on any atom is 0.225 e. The second-order valence-corrected chi connectivity index (χ2v) is 3.73. The first kappa shape index (κ1) is 10.3. The molecule has 1 aliphatic carbocycles. The Morgan fingerprint density at radius 3 is 2.85 bits per heavy atom. The number of nitrogens with one attached hydrogen (secondary N) is 1. The summed E-state index contributed by atoms with van der Waals surface area (Å²) in [6.45, 7) is 5.52. The van der Waals surface area contributed by atoms with E-state index >= 15 is 0 Å². The molecule has 1 fully saturated rings.